The number of nitrogens with zero attached hydrogens (tertiary/aromatic N) is 2. The van der Waals surface area contributed by atoms with E-state index < -0.39 is 0 Å². The van der Waals surface area contributed by atoms with E-state index in [1.54, 1.807) is 0 Å². The first-order valence-corrected chi connectivity index (χ1v) is 6.40. The molecule has 0 unspecified atom stereocenters. The number of benzene rings is 1. The number of aryl methyl sites for hydroxylation is 1. The predicted octanol–water partition coefficient (Wildman–Crippen LogP) is 2.71. The summed E-state index contributed by atoms with van der Waals surface area (Å²) in [7, 11) is 1.94. The minimum absolute atomic E-state index is 0.713. The van der Waals surface area contributed by atoms with Gasteiger partial charge in [0.15, 0.2) is 0 Å². The molecule has 0 saturated heterocycles. The molecule has 0 aliphatic rings. The van der Waals surface area contributed by atoms with Crippen LogP contribution in [0.4, 0.5) is 0 Å². The van der Waals surface area contributed by atoms with Crippen molar-refractivity contribution in [3.05, 3.63) is 53.7 Å². The standard InChI is InChI=1S/C15H17N3O/c1-11-12(8-16-2)7-13(19-11)9-18-10-17-14-5-3-4-6-15(14)18/h3-7,10,16H,8-9H2,1-2H3. The van der Waals surface area contributed by atoms with Crippen LogP contribution < -0.4 is 5.32 Å². The molecule has 0 aliphatic carbocycles. The minimum atomic E-state index is 0.713. The van der Waals surface area contributed by atoms with Gasteiger partial charge in [0.1, 0.15) is 11.5 Å². The summed E-state index contributed by atoms with van der Waals surface area (Å²) < 4.78 is 7.91. The fraction of sp³-hybridized carbons (Fsp3) is 0.267. The van der Waals surface area contributed by atoms with Crippen LogP contribution in [0.15, 0.2) is 41.1 Å². The molecule has 0 aliphatic heterocycles. The lowest BCUT2D eigenvalue weighted by molar-refractivity contribution is 0.469. The van der Waals surface area contributed by atoms with Crippen LogP contribution in [0.5, 0.6) is 0 Å². The second-order valence-electron chi connectivity index (χ2n) is 4.69. The van der Waals surface area contributed by atoms with E-state index in [0.717, 1.165) is 29.1 Å². The molecule has 0 fully saturated rings. The van der Waals surface area contributed by atoms with Crippen LogP contribution in [0, 0.1) is 6.92 Å². The Morgan fingerprint density at radius 3 is 3.00 bits per heavy atom. The second kappa shape index (κ2) is 4.90. The molecule has 0 radical (unpaired) electrons. The summed E-state index contributed by atoms with van der Waals surface area (Å²) >= 11 is 0. The van der Waals surface area contributed by atoms with Gasteiger partial charge in [-0.1, -0.05) is 12.1 Å². The number of nitrogens with one attached hydrogen (secondary N) is 1. The maximum Gasteiger partial charge on any atom is 0.124 e. The molecule has 1 N–H and O–H groups in total. The lowest BCUT2D eigenvalue weighted by atomic mass is 10.2. The number of hydrogen-bond acceptors (Lipinski definition) is 3. The average Bonchev–Trinajstić information content (AvgIpc) is 2.96. The average molecular weight is 255 g/mol. The minimum Gasteiger partial charge on any atom is -0.464 e. The highest BCUT2D eigenvalue weighted by atomic mass is 16.3. The van der Waals surface area contributed by atoms with Gasteiger partial charge in [-0.15, -0.1) is 0 Å². The van der Waals surface area contributed by atoms with Crippen molar-refractivity contribution in [3.8, 4) is 0 Å². The molecule has 4 nitrogen and oxygen atoms in total. The van der Waals surface area contributed by atoms with Gasteiger partial charge in [0.25, 0.3) is 0 Å². The quantitative estimate of drug-likeness (QED) is 0.779. The first-order chi connectivity index (χ1) is 9.28. The van der Waals surface area contributed by atoms with Crippen LogP contribution in [0.2, 0.25) is 0 Å². The molecule has 2 heterocycles. The van der Waals surface area contributed by atoms with Crippen molar-refractivity contribution in [3.63, 3.8) is 0 Å². The zero-order valence-electron chi connectivity index (χ0n) is 11.2. The van der Waals surface area contributed by atoms with E-state index in [1.165, 1.54) is 5.56 Å². The summed E-state index contributed by atoms with van der Waals surface area (Å²) in [6.07, 6.45) is 1.86. The Morgan fingerprint density at radius 1 is 1.32 bits per heavy atom. The van der Waals surface area contributed by atoms with Gasteiger partial charge in [0, 0.05) is 12.1 Å². The topological polar surface area (TPSA) is 43.0 Å². The SMILES string of the molecule is CNCc1cc(Cn2cnc3ccccc32)oc1C. The van der Waals surface area contributed by atoms with Gasteiger partial charge in [-0.05, 0) is 32.2 Å². The lowest BCUT2D eigenvalue weighted by Crippen LogP contribution is -2.04. The van der Waals surface area contributed by atoms with Crippen molar-refractivity contribution in [1.29, 1.82) is 0 Å². The molecule has 0 amide bonds. The number of furan rings is 1. The van der Waals surface area contributed by atoms with E-state index in [1.807, 2.05) is 38.5 Å². The number of para-hydroxylation sites is 2. The summed E-state index contributed by atoms with van der Waals surface area (Å²) in [5.41, 5.74) is 3.36. The van der Waals surface area contributed by atoms with Crippen LogP contribution in [0.1, 0.15) is 17.1 Å². The third-order valence-electron chi connectivity index (χ3n) is 3.29. The Kier molecular flexibility index (Phi) is 3.09. The van der Waals surface area contributed by atoms with Crippen molar-refractivity contribution in [2.75, 3.05) is 7.05 Å². The molecule has 2 aromatic heterocycles. The van der Waals surface area contributed by atoms with E-state index >= 15 is 0 Å². The maximum atomic E-state index is 5.80. The summed E-state index contributed by atoms with van der Waals surface area (Å²) in [5, 5.41) is 3.15. The Morgan fingerprint density at radius 2 is 2.16 bits per heavy atom. The molecule has 0 bridgehead atoms. The molecule has 3 rings (SSSR count). The van der Waals surface area contributed by atoms with E-state index in [9.17, 15) is 0 Å². The zero-order valence-corrected chi connectivity index (χ0v) is 11.2. The second-order valence-corrected chi connectivity index (χ2v) is 4.69. The molecule has 1 aromatic carbocycles. The molecular weight excluding hydrogens is 238 g/mol. The molecular formula is C15H17N3O. The van der Waals surface area contributed by atoms with Crippen LogP contribution in [-0.4, -0.2) is 16.6 Å². The highest BCUT2D eigenvalue weighted by Gasteiger charge is 2.09. The summed E-state index contributed by atoms with van der Waals surface area (Å²) in [5.74, 6) is 1.94. The first-order valence-electron chi connectivity index (χ1n) is 6.40. The third kappa shape index (κ3) is 2.27. The molecule has 4 heteroatoms. The van der Waals surface area contributed by atoms with Crippen molar-refractivity contribution in [1.82, 2.24) is 14.9 Å². The van der Waals surface area contributed by atoms with Gasteiger partial charge in [0.05, 0.1) is 23.9 Å². The number of fused-ring (bicyclic) bond motifs is 1. The van der Waals surface area contributed by atoms with Gasteiger partial charge in [0.2, 0.25) is 0 Å². The van der Waals surface area contributed by atoms with Gasteiger partial charge >= 0.3 is 0 Å². The van der Waals surface area contributed by atoms with Gasteiger partial charge in [-0.2, -0.15) is 0 Å². The van der Waals surface area contributed by atoms with E-state index in [2.05, 4.69) is 27.0 Å². The highest BCUT2D eigenvalue weighted by molar-refractivity contribution is 5.74. The Bertz CT molecular complexity index is 696. The van der Waals surface area contributed by atoms with Crippen molar-refractivity contribution >= 4 is 11.0 Å². The molecule has 0 saturated carbocycles. The molecule has 3 aromatic rings. The molecule has 19 heavy (non-hydrogen) atoms. The fourth-order valence-electron chi connectivity index (χ4n) is 2.34. The summed E-state index contributed by atoms with van der Waals surface area (Å²) in [6.45, 7) is 3.55. The highest BCUT2D eigenvalue weighted by Crippen LogP contribution is 2.18. The normalized spacial score (nSPS) is 11.3. The smallest absolute Gasteiger partial charge is 0.124 e. The Labute approximate surface area is 112 Å². The van der Waals surface area contributed by atoms with E-state index in [-0.39, 0.29) is 0 Å². The van der Waals surface area contributed by atoms with Gasteiger partial charge < -0.3 is 14.3 Å². The molecule has 0 atom stereocenters. The van der Waals surface area contributed by atoms with Crippen LogP contribution in [0.3, 0.4) is 0 Å². The Hall–Kier alpha value is -2.07. The number of rotatable bonds is 4. The number of hydrogen-bond donors (Lipinski definition) is 1. The largest absolute Gasteiger partial charge is 0.464 e. The fourth-order valence-corrected chi connectivity index (χ4v) is 2.34. The number of aromatic nitrogens is 2. The Balaban J connectivity index is 1.90. The summed E-state index contributed by atoms with van der Waals surface area (Å²) in [4.78, 5) is 4.39. The first kappa shape index (κ1) is 12.0. The van der Waals surface area contributed by atoms with Crippen LogP contribution >= 0.6 is 0 Å². The third-order valence-corrected chi connectivity index (χ3v) is 3.29. The monoisotopic (exact) mass is 255 g/mol. The number of imidazole rings is 1. The lowest BCUT2D eigenvalue weighted by Gasteiger charge is -2.00. The predicted molar refractivity (Wildman–Crippen MR) is 75.0 cm³/mol. The van der Waals surface area contributed by atoms with Gasteiger partial charge in [-0.3, -0.25) is 0 Å². The maximum absolute atomic E-state index is 5.80. The van der Waals surface area contributed by atoms with E-state index in [4.69, 9.17) is 4.42 Å². The van der Waals surface area contributed by atoms with Crippen molar-refractivity contribution < 1.29 is 4.42 Å². The van der Waals surface area contributed by atoms with Gasteiger partial charge in [-0.25, -0.2) is 4.98 Å². The van der Waals surface area contributed by atoms with E-state index in [0.29, 0.717) is 6.54 Å². The van der Waals surface area contributed by atoms with Crippen molar-refractivity contribution in [2.24, 2.45) is 0 Å². The zero-order chi connectivity index (χ0) is 13.2. The van der Waals surface area contributed by atoms with Crippen molar-refractivity contribution in [2.45, 2.75) is 20.0 Å². The molecule has 0 spiro atoms. The van der Waals surface area contributed by atoms with Crippen LogP contribution in [-0.2, 0) is 13.1 Å². The van der Waals surface area contributed by atoms with Crippen LogP contribution in [0.25, 0.3) is 11.0 Å². The molecule has 98 valence electrons. The summed E-state index contributed by atoms with van der Waals surface area (Å²) in [6, 6.07) is 10.2.